The van der Waals surface area contributed by atoms with E-state index in [1.54, 1.807) is 24.5 Å². The highest BCUT2D eigenvalue weighted by molar-refractivity contribution is 6.30. The fourth-order valence-corrected chi connectivity index (χ4v) is 2.44. The lowest BCUT2D eigenvalue weighted by Gasteiger charge is -2.17. The Morgan fingerprint density at radius 1 is 1.16 bits per heavy atom. The van der Waals surface area contributed by atoms with Crippen LogP contribution in [0.4, 0.5) is 5.69 Å². The van der Waals surface area contributed by atoms with Crippen LogP contribution in [-0.4, -0.2) is 9.97 Å². The van der Waals surface area contributed by atoms with Gasteiger partial charge in [-0.2, -0.15) is 0 Å². The van der Waals surface area contributed by atoms with Crippen molar-refractivity contribution < 1.29 is 4.74 Å². The van der Waals surface area contributed by atoms with E-state index in [-0.39, 0.29) is 0 Å². The Hall–Kier alpha value is -1.81. The first-order valence-corrected chi connectivity index (χ1v) is 6.67. The summed E-state index contributed by atoms with van der Waals surface area (Å²) in [4.78, 5) is 8.54. The minimum absolute atomic E-state index is 0.541. The molecule has 1 aromatic carbocycles. The fourth-order valence-electron chi connectivity index (χ4n) is 2.28. The largest absolute Gasteiger partial charge is 0.436 e. The van der Waals surface area contributed by atoms with E-state index in [4.69, 9.17) is 22.1 Å². The molecule has 1 aliphatic carbocycles. The highest BCUT2D eigenvalue weighted by Gasteiger charge is 2.17. The number of anilines is 1. The Kier molecular flexibility index (Phi) is 3.25. The van der Waals surface area contributed by atoms with Gasteiger partial charge in [-0.25, -0.2) is 9.97 Å². The topological polar surface area (TPSA) is 61.0 Å². The molecule has 0 fully saturated rings. The van der Waals surface area contributed by atoms with E-state index in [0.717, 1.165) is 30.5 Å². The molecule has 0 radical (unpaired) electrons. The van der Waals surface area contributed by atoms with Crippen molar-refractivity contribution in [1.29, 1.82) is 0 Å². The summed E-state index contributed by atoms with van der Waals surface area (Å²) in [6, 6.07) is 5.17. The number of hydrogen-bond donors (Lipinski definition) is 1. The average molecular weight is 276 g/mol. The van der Waals surface area contributed by atoms with Gasteiger partial charge in [0.1, 0.15) is 6.33 Å². The van der Waals surface area contributed by atoms with Gasteiger partial charge < -0.3 is 10.5 Å². The van der Waals surface area contributed by atoms with Crippen molar-refractivity contribution in [3.8, 4) is 11.6 Å². The van der Waals surface area contributed by atoms with E-state index < -0.39 is 0 Å². The molecular weight excluding hydrogens is 262 g/mol. The number of ether oxygens (including phenoxy) is 1. The van der Waals surface area contributed by atoms with Gasteiger partial charge >= 0.3 is 0 Å². The Balaban J connectivity index is 1.97. The van der Waals surface area contributed by atoms with Crippen LogP contribution in [0.15, 0.2) is 24.5 Å². The lowest BCUT2D eigenvalue weighted by atomic mass is 9.97. The molecule has 0 atom stereocenters. The Bertz CT molecular complexity index is 616. The van der Waals surface area contributed by atoms with Gasteiger partial charge in [0.25, 0.3) is 0 Å². The first-order chi connectivity index (χ1) is 9.24. The van der Waals surface area contributed by atoms with Crippen molar-refractivity contribution in [2.75, 3.05) is 5.73 Å². The van der Waals surface area contributed by atoms with E-state index in [1.165, 1.54) is 6.42 Å². The Labute approximate surface area is 116 Å². The molecule has 1 heterocycles. The zero-order chi connectivity index (χ0) is 13.2. The van der Waals surface area contributed by atoms with E-state index >= 15 is 0 Å². The van der Waals surface area contributed by atoms with E-state index in [9.17, 15) is 0 Å². The van der Waals surface area contributed by atoms with Crippen molar-refractivity contribution in [3.05, 3.63) is 40.8 Å². The first kappa shape index (κ1) is 12.2. The Morgan fingerprint density at radius 2 is 2.00 bits per heavy atom. The maximum absolute atomic E-state index is 5.96. The zero-order valence-corrected chi connectivity index (χ0v) is 11.2. The van der Waals surface area contributed by atoms with Gasteiger partial charge in [0, 0.05) is 16.7 Å². The molecule has 2 N–H and O–H groups in total. The second-order valence-electron chi connectivity index (χ2n) is 4.60. The predicted octanol–water partition coefficient (Wildman–Crippen LogP) is 3.38. The van der Waals surface area contributed by atoms with Crippen molar-refractivity contribution in [1.82, 2.24) is 9.97 Å². The molecule has 0 saturated carbocycles. The molecule has 0 aliphatic heterocycles. The number of fused-ring (bicyclic) bond motifs is 1. The quantitative estimate of drug-likeness (QED) is 0.854. The van der Waals surface area contributed by atoms with Crippen molar-refractivity contribution >= 4 is 17.3 Å². The SMILES string of the molecule is Nc1ccc(Cl)cc1Oc1ncnc2c1CCCC2. The minimum atomic E-state index is 0.541. The summed E-state index contributed by atoms with van der Waals surface area (Å²) >= 11 is 5.96. The van der Waals surface area contributed by atoms with Crippen LogP contribution in [0, 0.1) is 0 Å². The summed E-state index contributed by atoms with van der Waals surface area (Å²) in [5.41, 5.74) is 8.61. The molecule has 0 saturated heterocycles. The first-order valence-electron chi connectivity index (χ1n) is 6.29. The molecule has 0 bridgehead atoms. The van der Waals surface area contributed by atoms with Crippen LogP contribution < -0.4 is 10.5 Å². The number of nitrogens with two attached hydrogens (primary N) is 1. The summed E-state index contributed by atoms with van der Waals surface area (Å²) in [6.07, 6.45) is 5.79. The van der Waals surface area contributed by atoms with E-state index in [0.29, 0.717) is 22.3 Å². The highest BCUT2D eigenvalue weighted by Crippen LogP contribution is 2.33. The summed E-state index contributed by atoms with van der Waals surface area (Å²) < 4.78 is 5.83. The van der Waals surface area contributed by atoms with Crippen LogP contribution in [0.3, 0.4) is 0 Å². The van der Waals surface area contributed by atoms with Gasteiger partial charge in [-0.05, 0) is 37.8 Å². The lowest BCUT2D eigenvalue weighted by Crippen LogP contribution is -2.08. The van der Waals surface area contributed by atoms with Crippen LogP contribution in [0.25, 0.3) is 0 Å². The number of benzene rings is 1. The number of nitrogen functional groups attached to an aromatic ring is 1. The number of halogens is 1. The van der Waals surface area contributed by atoms with Gasteiger partial charge in [-0.3, -0.25) is 0 Å². The van der Waals surface area contributed by atoms with Crippen LogP contribution in [0.2, 0.25) is 5.02 Å². The number of hydrogen-bond acceptors (Lipinski definition) is 4. The third kappa shape index (κ3) is 2.49. The molecule has 5 heteroatoms. The smallest absolute Gasteiger partial charge is 0.225 e. The van der Waals surface area contributed by atoms with Gasteiger partial charge in [0.15, 0.2) is 5.75 Å². The summed E-state index contributed by atoms with van der Waals surface area (Å²) in [6.45, 7) is 0. The maximum Gasteiger partial charge on any atom is 0.225 e. The summed E-state index contributed by atoms with van der Waals surface area (Å²) in [5, 5.41) is 0.590. The molecule has 98 valence electrons. The lowest BCUT2D eigenvalue weighted by molar-refractivity contribution is 0.449. The third-order valence-corrected chi connectivity index (χ3v) is 3.50. The zero-order valence-electron chi connectivity index (χ0n) is 10.4. The number of aryl methyl sites for hydroxylation is 1. The third-order valence-electron chi connectivity index (χ3n) is 3.27. The molecule has 1 aliphatic rings. The van der Waals surface area contributed by atoms with Crippen molar-refractivity contribution in [3.63, 3.8) is 0 Å². The normalized spacial score (nSPS) is 13.9. The van der Waals surface area contributed by atoms with Gasteiger partial charge in [0.2, 0.25) is 5.88 Å². The summed E-state index contributed by atoms with van der Waals surface area (Å²) in [7, 11) is 0. The summed E-state index contributed by atoms with van der Waals surface area (Å²) in [5.74, 6) is 1.14. The Morgan fingerprint density at radius 3 is 2.89 bits per heavy atom. The average Bonchev–Trinajstić information content (AvgIpc) is 2.43. The van der Waals surface area contributed by atoms with Crippen LogP contribution in [0.5, 0.6) is 11.6 Å². The second-order valence-corrected chi connectivity index (χ2v) is 5.03. The van der Waals surface area contributed by atoms with Gasteiger partial charge in [-0.1, -0.05) is 11.6 Å². The molecule has 19 heavy (non-hydrogen) atoms. The van der Waals surface area contributed by atoms with Crippen LogP contribution in [0.1, 0.15) is 24.1 Å². The molecular formula is C14H14ClN3O. The molecule has 2 aromatic rings. The molecule has 3 rings (SSSR count). The van der Waals surface area contributed by atoms with Crippen LogP contribution >= 0.6 is 11.6 Å². The number of rotatable bonds is 2. The second kappa shape index (κ2) is 5.05. The minimum Gasteiger partial charge on any atom is -0.436 e. The number of aromatic nitrogens is 2. The predicted molar refractivity (Wildman–Crippen MR) is 74.6 cm³/mol. The number of nitrogens with zero attached hydrogens (tertiary/aromatic N) is 2. The highest BCUT2D eigenvalue weighted by atomic mass is 35.5. The fraction of sp³-hybridized carbons (Fsp3) is 0.286. The monoisotopic (exact) mass is 275 g/mol. The molecule has 1 aromatic heterocycles. The van der Waals surface area contributed by atoms with E-state index in [2.05, 4.69) is 9.97 Å². The standard InChI is InChI=1S/C14H14ClN3O/c15-9-5-6-11(16)13(7-9)19-14-10-3-1-2-4-12(10)17-8-18-14/h5-8H,1-4,16H2. The maximum atomic E-state index is 5.96. The van der Waals surface area contributed by atoms with Gasteiger partial charge in [-0.15, -0.1) is 0 Å². The van der Waals surface area contributed by atoms with Crippen LogP contribution in [-0.2, 0) is 12.8 Å². The molecule has 4 nitrogen and oxygen atoms in total. The van der Waals surface area contributed by atoms with Crippen molar-refractivity contribution in [2.45, 2.75) is 25.7 Å². The van der Waals surface area contributed by atoms with Crippen molar-refractivity contribution in [2.24, 2.45) is 0 Å². The molecule has 0 unspecified atom stereocenters. The van der Waals surface area contributed by atoms with E-state index in [1.807, 2.05) is 0 Å². The molecule has 0 spiro atoms. The molecule has 0 amide bonds. The van der Waals surface area contributed by atoms with Gasteiger partial charge in [0.05, 0.1) is 11.4 Å².